The van der Waals surface area contributed by atoms with Crippen LogP contribution in [-0.2, 0) is 9.53 Å². The molecule has 0 radical (unpaired) electrons. The lowest BCUT2D eigenvalue weighted by Crippen LogP contribution is -2.28. The Morgan fingerprint density at radius 2 is 2.11 bits per heavy atom. The zero-order valence-electron chi connectivity index (χ0n) is 10.8. The van der Waals surface area contributed by atoms with Gasteiger partial charge in [-0.2, -0.15) is 0 Å². The molecule has 0 saturated carbocycles. The van der Waals surface area contributed by atoms with Crippen LogP contribution in [0.3, 0.4) is 0 Å². The van der Waals surface area contributed by atoms with Crippen LogP contribution in [0, 0.1) is 5.82 Å². The van der Waals surface area contributed by atoms with Gasteiger partial charge in [-0.3, -0.25) is 9.59 Å². The van der Waals surface area contributed by atoms with Gasteiger partial charge in [0.25, 0.3) is 5.91 Å². The summed E-state index contributed by atoms with van der Waals surface area (Å²) in [6.45, 7) is 0.408. The molecule has 0 aliphatic heterocycles. The highest BCUT2D eigenvalue weighted by Gasteiger charge is 2.13. The molecule has 1 rings (SSSR count). The van der Waals surface area contributed by atoms with Crippen LogP contribution in [0.4, 0.5) is 4.39 Å². The lowest BCUT2D eigenvalue weighted by Gasteiger charge is -2.17. The van der Waals surface area contributed by atoms with Crippen molar-refractivity contribution in [2.24, 2.45) is 0 Å². The van der Waals surface area contributed by atoms with E-state index < -0.39 is 5.82 Å². The first kappa shape index (κ1) is 15.6. The molecule has 0 heterocycles. The van der Waals surface area contributed by atoms with Crippen molar-refractivity contribution in [3.05, 3.63) is 34.1 Å². The molecule has 19 heavy (non-hydrogen) atoms. The highest BCUT2D eigenvalue weighted by molar-refractivity contribution is 9.10. The molecule has 0 aliphatic rings. The minimum absolute atomic E-state index is 0.253. The number of esters is 1. The van der Waals surface area contributed by atoms with Crippen LogP contribution in [0.2, 0.25) is 0 Å². The fourth-order valence-electron chi connectivity index (χ4n) is 1.51. The number of carbonyl (C=O) groups is 2. The van der Waals surface area contributed by atoms with Crippen molar-refractivity contribution in [3.8, 4) is 0 Å². The topological polar surface area (TPSA) is 46.6 Å². The summed E-state index contributed by atoms with van der Waals surface area (Å²) in [7, 11) is 2.93. The highest BCUT2D eigenvalue weighted by Crippen LogP contribution is 2.17. The summed E-state index contributed by atoms with van der Waals surface area (Å²) in [5, 5.41) is 0. The number of carbonyl (C=O) groups excluding carboxylic acids is 2. The maximum Gasteiger partial charge on any atom is 0.305 e. The zero-order chi connectivity index (χ0) is 14.4. The number of methoxy groups -OCH3 is 1. The molecule has 0 fully saturated rings. The summed E-state index contributed by atoms with van der Waals surface area (Å²) in [5.74, 6) is -1.07. The van der Waals surface area contributed by atoms with E-state index in [-0.39, 0.29) is 23.9 Å². The van der Waals surface area contributed by atoms with Crippen LogP contribution in [0.25, 0.3) is 0 Å². The molecule has 1 aromatic rings. The van der Waals surface area contributed by atoms with Gasteiger partial charge in [0.05, 0.1) is 11.6 Å². The van der Waals surface area contributed by atoms with Crippen LogP contribution < -0.4 is 0 Å². The monoisotopic (exact) mass is 331 g/mol. The largest absolute Gasteiger partial charge is 0.469 e. The predicted molar refractivity (Wildman–Crippen MR) is 72.3 cm³/mol. The van der Waals surface area contributed by atoms with Gasteiger partial charge in [-0.25, -0.2) is 4.39 Å². The van der Waals surface area contributed by atoms with Gasteiger partial charge in [-0.1, -0.05) is 0 Å². The standard InChI is InChI=1S/C13H15BrFNO3/c1-16(7-3-4-12(17)19-2)13(18)9-5-6-10(14)11(15)8-9/h5-6,8H,3-4,7H2,1-2H3. The van der Waals surface area contributed by atoms with Crippen molar-refractivity contribution in [3.63, 3.8) is 0 Å². The van der Waals surface area contributed by atoms with E-state index in [4.69, 9.17) is 0 Å². The molecule has 0 aliphatic carbocycles. The molecule has 4 nitrogen and oxygen atoms in total. The summed E-state index contributed by atoms with van der Waals surface area (Å²) in [5.41, 5.74) is 0.279. The number of ether oxygens (including phenoxy) is 1. The third-order valence-corrected chi connectivity index (χ3v) is 3.26. The first-order valence-corrected chi connectivity index (χ1v) is 6.52. The van der Waals surface area contributed by atoms with Crippen LogP contribution in [0.1, 0.15) is 23.2 Å². The lowest BCUT2D eigenvalue weighted by atomic mass is 10.2. The van der Waals surface area contributed by atoms with Gasteiger partial charge >= 0.3 is 5.97 Å². The van der Waals surface area contributed by atoms with Gasteiger partial charge in [0, 0.05) is 25.6 Å². The van der Waals surface area contributed by atoms with Crippen LogP contribution >= 0.6 is 15.9 Å². The fraction of sp³-hybridized carbons (Fsp3) is 0.385. The second kappa shape index (κ2) is 7.23. The van der Waals surface area contributed by atoms with Gasteiger partial charge in [-0.15, -0.1) is 0 Å². The molecular formula is C13H15BrFNO3. The Labute approximate surface area is 119 Å². The number of hydrogen-bond acceptors (Lipinski definition) is 3. The molecule has 104 valence electrons. The van der Waals surface area contributed by atoms with E-state index in [1.807, 2.05) is 0 Å². The minimum Gasteiger partial charge on any atom is -0.469 e. The highest BCUT2D eigenvalue weighted by atomic mass is 79.9. The molecule has 0 atom stereocenters. The molecule has 0 bridgehead atoms. The van der Waals surface area contributed by atoms with E-state index in [2.05, 4.69) is 20.7 Å². The molecule has 0 spiro atoms. The van der Waals surface area contributed by atoms with Gasteiger partial charge in [0.2, 0.25) is 0 Å². The number of nitrogens with zero attached hydrogens (tertiary/aromatic N) is 1. The summed E-state index contributed by atoms with van der Waals surface area (Å²) in [6, 6.07) is 4.22. The van der Waals surface area contributed by atoms with Crippen molar-refractivity contribution in [2.75, 3.05) is 20.7 Å². The zero-order valence-corrected chi connectivity index (χ0v) is 12.4. The summed E-state index contributed by atoms with van der Waals surface area (Å²) < 4.78 is 18.2. The molecule has 0 unspecified atom stereocenters. The van der Waals surface area contributed by atoms with E-state index in [0.29, 0.717) is 17.4 Å². The van der Waals surface area contributed by atoms with Crippen molar-refractivity contribution in [1.82, 2.24) is 4.90 Å². The van der Waals surface area contributed by atoms with E-state index >= 15 is 0 Å². The second-order valence-corrected chi connectivity index (χ2v) is 4.89. The van der Waals surface area contributed by atoms with E-state index in [9.17, 15) is 14.0 Å². The summed E-state index contributed by atoms with van der Waals surface area (Å²) in [4.78, 5) is 24.4. The Morgan fingerprint density at radius 1 is 1.42 bits per heavy atom. The van der Waals surface area contributed by atoms with Gasteiger partial charge in [0.1, 0.15) is 5.82 Å². The number of hydrogen-bond donors (Lipinski definition) is 0. The number of rotatable bonds is 5. The predicted octanol–water partition coefficient (Wildman–Crippen LogP) is 2.61. The molecular weight excluding hydrogens is 317 g/mol. The third-order valence-electron chi connectivity index (χ3n) is 2.62. The van der Waals surface area contributed by atoms with Crippen molar-refractivity contribution < 1.29 is 18.7 Å². The summed E-state index contributed by atoms with van der Waals surface area (Å²) >= 11 is 3.03. The Bertz CT molecular complexity index is 479. The first-order valence-electron chi connectivity index (χ1n) is 5.73. The van der Waals surface area contributed by atoms with Crippen LogP contribution in [0.5, 0.6) is 0 Å². The molecule has 0 aromatic heterocycles. The molecule has 0 saturated heterocycles. The Kier molecular flexibility index (Phi) is 5.95. The molecule has 6 heteroatoms. The molecule has 1 amide bonds. The molecule has 0 N–H and O–H groups in total. The second-order valence-electron chi connectivity index (χ2n) is 4.04. The first-order chi connectivity index (χ1) is 8.95. The summed E-state index contributed by atoms with van der Waals surface area (Å²) in [6.07, 6.45) is 0.761. The smallest absolute Gasteiger partial charge is 0.305 e. The lowest BCUT2D eigenvalue weighted by molar-refractivity contribution is -0.140. The minimum atomic E-state index is -0.478. The maximum atomic E-state index is 13.3. The van der Waals surface area contributed by atoms with Crippen LogP contribution in [-0.4, -0.2) is 37.5 Å². The molecule has 1 aromatic carbocycles. The van der Waals surface area contributed by atoms with Gasteiger partial charge in [0.15, 0.2) is 0 Å². The number of amides is 1. The quantitative estimate of drug-likeness (QED) is 0.779. The number of halogens is 2. The van der Waals surface area contributed by atoms with Gasteiger partial charge in [-0.05, 0) is 40.5 Å². The van der Waals surface area contributed by atoms with Gasteiger partial charge < -0.3 is 9.64 Å². The van der Waals surface area contributed by atoms with Crippen molar-refractivity contribution in [1.29, 1.82) is 0 Å². The number of benzene rings is 1. The van der Waals surface area contributed by atoms with Crippen LogP contribution in [0.15, 0.2) is 22.7 Å². The Morgan fingerprint density at radius 3 is 2.68 bits per heavy atom. The average molecular weight is 332 g/mol. The van der Waals surface area contributed by atoms with E-state index in [0.717, 1.165) is 0 Å². The average Bonchev–Trinajstić information content (AvgIpc) is 2.40. The normalized spacial score (nSPS) is 10.1. The van der Waals surface area contributed by atoms with Crippen molar-refractivity contribution in [2.45, 2.75) is 12.8 Å². The third kappa shape index (κ3) is 4.63. The van der Waals surface area contributed by atoms with E-state index in [1.54, 1.807) is 13.1 Å². The van der Waals surface area contributed by atoms with Crippen molar-refractivity contribution >= 4 is 27.8 Å². The Hall–Kier alpha value is -1.43. The SMILES string of the molecule is COC(=O)CCCN(C)C(=O)c1ccc(Br)c(F)c1. The fourth-order valence-corrected chi connectivity index (χ4v) is 1.76. The van der Waals surface area contributed by atoms with E-state index in [1.165, 1.54) is 24.1 Å². The maximum absolute atomic E-state index is 13.3. The Balaban J connectivity index is 2.56.